The SMILES string of the molecule is COc1ccc(CCNC(=NCc2nnc(C)n2C)NCC(C)C)cc1.I. The number of hydrogen-bond donors (Lipinski definition) is 2. The summed E-state index contributed by atoms with van der Waals surface area (Å²) in [5, 5.41) is 15.0. The van der Waals surface area contributed by atoms with Gasteiger partial charge in [-0.25, -0.2) is 4.99 Å². The van der Waals surface area contributed by atoms with Crippen molar-refractivity contribution in [2.24, 2.45) is 18.0 Å². The Morgan fingerprint density at radius 3 is 2.44 bits per heavy atom. The molecule has 0 unspecified atom stereocenters. The molecule has 1 aromatic carbocycles. The van der Waals surface area contributed by atoms with Crippen LogP contribution in [0.15, 0.2) is 29.3 Å². The molecule has 0 spiro atoms. The number of nitrogens with zero attached hydrogens (tertiary/aromatic N) is 4. The molecule has 2 N–H and O–H groups in total. The molecular formula is C19H31IN6O. The van der Waals surface area contributed by atoms with Crippen molar-refractivity contribution in [3.63, 3.8) is 0 Å². The van der Waals surface area contributed by atoms with Gasteiger partial charge in [-0.05, 0) is 37.0 Å². The second-order valence-electron chi connectivity index (χ2n) is 6.69. The summed E-state index contributed by atoms with van der Waals surface area (Å²) in [4.78, 5) is 4.65. The number of aliphatic imine (C=N–C) groups is 1. The maximum absolute atomic E-state index is 5.19. The molecule has 0 amide bonds. The van der Waals surface area contributed by atoms with Gasteiger partial charge in [0.2, 0.25) is 0 Å². The third kappa shape index (κ3) is 7.74. The van der Waals surface area contributed by atoms with Crippen LogP contribution in [-0.4, -0.2) is 40.9 Å². The predicted molar refractivity (Wildman–Crippen MR) is 120 cm³/mol. The molecule has 1 heterocycles. The topological polar surface area (TPSA) is 76.4 Å². The molecule has 0 aliphatic carbocycles. The zero-order valence-electron chi connectivity index (χ0n) is 16.8. The molecular weight excluding hydrogens is 455 g/mol. The van der Waals surface area contributed by atoms with Crippen molar-refractivity contribution in [2.45, 2.75) is 33.7 Å². The Kier molecular flexibility index (Phi) is 10.1. The van der Waals surface area contributed by atoms with Gasteiger partial charge in [-0.15, -0.1) is 34.2 Å². The minimum Gasteiger partial charge on any atom is -0.497 e. The van der Waals surface area contributed by atoms with Crippen LogP contribution in [-0.2, 0) is 20.0 Å². The zero-order chi connectivity index (χ0) is 18.9. The Morgan fingerprint density at radius 1 is 1.19 bits per heavy atom. The fourth-order valence-electron chi connectivity index (χ4n) is 2.33. The third-order valence-corrected chi connectivity index (χ3v) is 4.10. The van der Waals surface area contributed by atoms with Crippen LogP contribution in [0.2, 0.25) is 0 Å². The summed E-state index contributed by atoms with van der Waals surface area (Å²) < 4.78 is 7.15. The Bertz CT molecular complexity index is 711. The van der Waals surface area contributed by atoms with Gasteiger partial charge in [-0.3, -0.25) is 0 Å². The smallest absolute Gasteiger partial charge is 0.191 e. The largest absolute Gasteiger partial charge is 0.497 e. The first-order valence-corrected chi connectivity index (χ1v) is 8.99. The average molecular weight is 486 g/mol. The summed E-state index contributed by atoms with van der Waals surface area (Å²) in [6.07, 6.45) is 0.912. The highest BCUT2D eigenvalue weighted by molar-refractivity contribution is 14.0. The van der Waals surface area contributed by atoms with Gasteiger partial charge >= 0.3 is 0 Å². The second kappa shape index (κ2) is 11.8. The van der Waals surface area contributed by atoms with Crippen molar-refractivity contribution >= 4 is 29.9 Å². The van der Waals surface area contributed by atoms with Crippen LogP contribution in [0.4, 0.5) is 0 Å². The van der Waals surface area contributed by atoms with Crippen LogP contribution in [0.3, 0.4) is 0 Å². The van der Waals surface area contributed by atoms with Crippen molar-refractivity contribution < 1.29 is 4.74 Å². The van der Waals surface area contributed by atoms with E-state index in [1.807, 2.05) is 30.7 Å². The van der Waals surface area contributed by atoms with Crippen molar-refractivity contribution in [3.05, 3.63) is 41.5 Å². The van der Waals surface area contributed by atoms with Crippen LogP contribution in [0.1, 0.15) is 31.1 Å². The molecule has 0 bridgehead atoms. The summed E-state index contributed by atoms with van der Waals surface area (Å²) in [6.45, 7) is 8.45. The minimum absolute atomic E-state index is 0. The highest BCUT2D eigenvalue weighted by Gasteiger charge is 2.06. The van der Waals surface area contributed by atoms with Gasteiger partial charge in [0.25, 0.3) is 0 Å². The lowest BCUT2D eigenvalue weighted by Crippen LogP contribution is -2.40. The lowest BCUT2D eigenvalue weighted by Gasteiger charge is -2.14. The number of methoxy groups -OCH3 is 1. The molecule has 1 aromatic heterocycles. The molecule has 0 aliphatic heterocycles. The highest BCUT2D eigenvalue weighted by atomic mass is 127. The molecule has 7 nitrogen and oxygen atoms in total. The lowest BCUT2D eigenvalue weighted by atomic mass is 10.1. The number of guanidine groups is 1. The first-order chi connectivity index (χ1) is 12.5. The van der Waals surface area contributed by atoms with E-state index >= 15 is 0 Å². The standard InChI is InChI=1S/C19H30N6O.HI/c1-14(2)12-21-19(22-13-18-24-23-15(3)25(18)4)20-11-10-16-6-8-17(26-5)9-7-16;/h6-9,14H,10-13H2,1-5H3,(H2,20,21,22);1H. The maximum atomic E-state index is 5.19. The first kappa shape index (κ1) is 23.2. The molecule has 27 heavy (non-hydrogen) atoms. The summed E-state index contributed by atoms with van der Waals surface area (Å²) in [7, 11) is 3.64. The summed E-state index contributed by atoms with van der Waals surface area (Å²) in [5.74, 6) is 3.96. The molecule has 0 saturated heterocycles. The van der Waals surface area contributed by atoms with E-state index in [9.17, 15) is 0 Å². The summed E-state index contributed by atoms with van der Waals surface area (Å²) in [6, 6.07) is 8.14. The van der Waals surface area contributed by atoms with Crippen molar-refractivity contribution in [2.75, 3.05) is 20.2 Å². The maximum Gasteiger partial charge on any atom is 0.191 e. The fourth-order valence-corrected chi connectivity index (χ4v) is 2.33. The van der Waals surface area contributed by atoms with Gasteiger partial charge in [0.15, 0.2) is 11.8 Å². The first-order valence-electron chi connectivity index (χ1n) is 8.99. The number of nitrogens with one attached hydrogen (secondary N) is 2. The zero-order valence-corrected chi connectivity index (χ0v) is 19.2. The van der Waals surface area contributed by atoms with E-state index in [1.54, 1.807) is 7.11 Å². The van der Waals surface area contributed by atoms with E-state index in [2.05, 4.69) is 51.8 Å². The molecule has 0 fully saturated rings. The molecule has 2 rings (SSSR count). The van der Waals surface area contributed by atoms with Crippen LogP contribution >= 0.6 is 24.0 Å². The minimum atomic E-state index is 0. The van der Waals surface area contributed by atoms with Gasteiger partial charge in [0.05, 0.1) is 7.11 Å². The fraction of sp³-hybridized carbons (Fsp3) is 0.526. The molecule has 2 aromatic rings. The quantitative estimate of drug-likeness (QED) is 0.341. The summed E-state index contributed by atoms with van der Waals surface area (Å²) >= 11 is 0. The number of rotatable bonds is 8. The van der Waals surface area contributed by atoms with Crippen LogP contribution in [0, 0.1) is 12.8 Å². The number of benzene rings is 1. The monoisotopic (exact) mass is 486 g/mol. The Hall–Kier alpha value is -1.84. The predicted octanol–water partition coefficient (Wildman–Crippen LogP) is 2.68. The molecule has 0 saturated carbocycles. The molecule has 0 atom stereocenters. The highest BCUT2D eigenvalue weighted by Crippen LogP contribution is 2.11. The van der Waals surface area contributed by atoms with Gasteiger partial charge in [-0.1, -0.05) is 26.0 Å². The lowest BCUT2D eigenvalue weighted by molar-refractivity contribution is 0.414. The van der Waals surface area contributed by atoms with E-state index in [0.29, 0.717) is 12.5 Å². The van der Waals surface area contributed by atoms with E-state index in [1.165, 1.54) is 5.56 Å². The molecule has 0 aliphatic rings. The summed E-state index contributed by atoms with van der Waals surface area (Å²) in [5.41, 5.74) is 1.26. The number of ether oxygens (including phenoxy) is 1. The van der Waals surface area contributed by atoms with E-state index in [-0.39, 0.29) is 24.0 Å². The Balaban J connectivity index is 0.00000364. The van der Waals surface area contributed by atoms with Gasteiger partial charge in [-0.2, -0.15) is 0 Å². The van der Waals surface area contributed by atoms with Crippen molar-refractivity contribution in [1.29, 1.82) is 0 Å². The van der Waals surface area contributed by atoms with Gasteiger partial charge in [0, 0.05) is 20.1 Å². The van der Waals surface area contributed by atoms with Gasteiger partial charge < -0.3 is 19.9 Å². The number of halogens is 1. The normalized spacial score (nSPS) is 11.3. The second-order valence-corrected chi connectivity index (χ2v) is 6.69. The number of aromatic nitrogens is 3. The van der Waals surface area contributed by atoms with Crippen LogP contribution in [0.25, 0.3) is 0 Å². The van der Waals surface area contributed by atoms with E-state index in [0.717, 1.165) is 42.9 Å². The van der Waals surface area contributed by atoms with Crippen LogP contribution < -0.4 is 15.4 Å². The number of hydrogen-bond acceptors (Lipinski definition) is 4. The third-order valence-electron chi connectivity index (χ3n) is 4.10. The van der Waals surface area contributed by atoms with E-state index in [4.69, 9.17) is 4.74 Å². The molecule has 0 radical (unpaired) electrons. The Morgan fingerprint density at radius 2 is 1.89 bits per heavy atom. The van der Waals surface area contributed by atoms with Crippen molar-refractivity contribution in [1.82, 2.24) is 25.4 Å². The average Bonchev–Trinajstić information content (AvgIpc) is 2.96. The van der Waals surface area contributed by atoms with Gasteiger partial charge in [0.1, 0.15) is 18.1 Å². The van der Waals surface area contributed by atoms with E-state index < -0.39 is 0 Å². The van der Waals surface area contributed by atoms with Crippen molar-refractivity contribution in [3.8, 4) is 5.75 Å². The molecule has 150 valence electrons. The van der Waals surface area contributed by atoms with Crippen LogP contribution in [0.5, 0.6) is 5.75 Å². The Labute approximate surface area is 179 Å². The molecule has 8 heteroatoms. The number of aryl methyl sites for hydroxylation is 1.